The van der Waals surface area contributed by atoms with Crippen LogP contribution in [0.2, 0.25) is 0 Å². The third-order valence-corrected chi connectivity index (χ3v) is 9.13. The van der Waals surface area contributed by atoms with Crippen LogP contribution in [0.4, 0.5) is 0 Å². The molecule has 0 aromatic heterocycles. The molecule has 130 valence electrons. The van der Waals surface area contributed by atoms with Gasteiger partial charge in [0.25, 0.3) is 0 Å². The van der Waals surface area contributed by atoms with Crippen LogP contribution in [-0.2, 0) is 4.79 Å². The Labute approximate surface area is 141 Å². The van der Waals surface area contributed by atoms with Gasteiger partial charge in [-0.2, -0.15) is 0 Å². The molecule has 2 heteroatoms. The average molecular weight is 319 g/mol. The molecule has 0 heterocycles. The maximum Gasteiger partial charge on any atom is 0.133 e. The number of fused-ring (bicyclic) bond motifs is 5. The zero-order valence-electron chi connectivity index (χ0n) is 15.2. The SMILES string of the molecule is CC(=O)[C@@H]1CC[C@@H]2[C@H]3CC[C@H]4C[C@H](O)CC[C@]4(C)[C@@H]3CC[C@]21C. The molecule has 1 N–H and O–H groups in total. The Morgan fingerprint density at radius 2 is 1.61 bits per heavy atom. The van der Waals surface area contributed by atoms with Crippen LogP contribution in [0.25, 0.3) is 0 Å². The van der Waals surface area contributed by atoms with Crippen molar-refractivity contribution in [3.8, 4) is 0 Å². The third kappa shape index (κ3) is 2.19. The molecule has 0 saturated heterocycles. The molecule has 0 unspecified atom stereocenters. The molecule has 2 nitrogen and oxygen atoms in total. The summed E-state index contributed by atoms with van der Waals surface area (Å²) in [7, 11) is 0. The number of carbonyl (C=O) groups excluding carboxylic acids is 1. The highest BCUT2D eigenvalue weighted by Gasteiger charge is 2.60. The fourth-order valence-electron chi connectivity index (χ4n) is 7.90. The maximum atomic E-state index is 12.2. The minimum absolute atomic E-state index is 0.0490. The molecule has 0 amide bonds. The highest BCUT2D eigenvalue weighted by molar-refractivity contribution is 5.79. The molecule has 0 aromatic rings. The van der Waals surface area contributed by atoms with Crippen LogP contribution in [0, 0.1) is 40.4 Å². The summed E-state index contributed by atoms with van der Waals surface area (Å²) in [5.74, 6) is 3.97. The summed E-state index contributed by atoms with van der Waals surface area (Å²) in [5, 5.41) is 10.1. The summed E-state index contributed by atoms with van der Waals surface area (Å²) in [5.41, 5.74) is 0.738. The third-order valence-electron chi connectivity index (χ3n) is 9.13. The fourth-order valence-corrected chi connectivity index (χ4v) is 7.90. The average Bonchev–Trinajstić information content (AvgIpc) is 2.85. The van der Waals surface area contributed by atoms with E-state index >= 15 is 0 Å². The van der Waals surface area contributed by atoms with Crippen LogP contribution in [0.15, 0.2) is 0 Å². The smallest absolute Gasteiger partial charge is 0.133 e. The standard InChI is InChI=1S/C21H34O2/c1-13(22)17-6-7-18-16-5-4-14-12-15(23)8-10-20(14,2)19(16)9-11-21(17,18)3/h14-19,23H,4-12H2,1-3H3/t14-,15+,16+,17-,18+,19+,20-,21-/m0/s1. The minimum Gasteiger partial charge on any atom is -0.393 e. The quantitative estimate of drug-likeness (QED) is 0.767. The van der Waals surface area contributed by atoms with Crippen LogP contribution < -0.4 is 0 Å². The van der Waals surface area contributed by atoms with Gasteiger partial charge in [0.1, 0.15) is 5.78 Å². The van der Waals surface area contributed by atoms with Crippen molar-refractivity contribution in [3.05, 3.63) is 0 Å². The first-order valence-electron chi connectivity index (χ1n) is 10.0. The Morgan fingerprint density at radius 1 is 0.913 bits per heavy atom. The van der Waals surface area contributed by atoms with E-state index in [0.29, 0.717) is 17.1 Å². The lowest BCUT2D eigenvalue weighted by molar-refractivity contribution is -0.138. The fraction of sp³-hybridized carbons (Fsp3) is 0.952. The first-order chi connectivity index (χ1) is 10.9. The number of aliphatic hydroxyl groups excluding tert-OH is 1. The van der Waals surface area contributed by atoms with E-state index in [1.165, 1.54) is 38.5 Å². The van der Waals surface area contributed by atoms with Crippen LogP contribution in [0.1, 0.15) is 78.6 Å². The van der Waals surface area contributed by atoms with Gasteiger partial charge in [0, 0.05) is 5.92 Å². The van der Waals surface area contributed by atoms with E-state index in [2.05, 4.69) is 13.8 Å². The summed E-state index contributed by atoms with van der Waals surface area (Å²) >= 11 is 0. The van der Waals surface area contributed by atoms with E-state index in [0.717, 1.165) is 42.9 Å². The van der Waals surface area contributed by atoms with E-state index < -0.39 is 0 Å². The van der Waals surface area contributed by atoms with Crippen molar-refractivity contribution in [2.24, 2.45) is 40.4 Å². The van der Waals surface area contributed by atoms with Gasteiger partial charge in [0.15, 0.2) is 0 Å². The number of Topliss-reactive ketones (excluding diaryl/α,β-unsaturated/α-hetero) is 1. The molecule has 8 atom stereocenters. The van der Waals surface area contributed by atoms with Gasteiger partial charge < -0.3 is 5.11 Å². The monoisotopic (exact) mass is 318 g/mol. The predicted octanol–water partition coefficient (Wildman–Crippen LogP) is 4.60. The molecule has 0 spiro atoms. The molecule has 4 aliphatic rings. The lowest BCUT2D eigenvalue weighted by Crippen LogP contribution is -2.54. The van der Waals surface area contributed by atoms with Gasteiger partial charge in [0.2, 0.25) is 0 Å². The van der Waals surface area contributed by atoms with Crippen molar-refractivity contribution in [2.75, 3.05) is 0 Å². The largest absolute Gasteiger partial charge is 0.393 e. The zero-order chi connectivity index (χ0) is 16.4. The van der Waals surface area contributed by atoms with Crippen LogP contribution in [-0.4, -0.2) is 17.0 Å². The van der Waals surface area contributed by atoms with Gasteiger partial charge in [-0.25, -0.2) is 0 Å². The Hall–Kier alpha value is -0.370. The molecule has 0 bridgehead atoms. The van der Waals surface area contributed by atoms with Gasteiger partial charge in [-0.05, 0) is 99.2 Å². The lowest BCUT2D eigenvalue weighted by atomic mass is 9.44. The maximum absolute atomic E-state index is 12.2. The molecule has 23 heavy (non-hydrogen) atoms. The van der Waals surface area contributed by atoms with Gasteiger partial charge in [0.05, 0.1) is 6.10 Å². The summed E-state index contributed by atoms with van der Waals surface area (Å²) in [6.07, 6.45) is 10.9. The highest BCUT2D eigenvalue weighted by atomic mass is 16.3. The van der Waals surface area contributed by atoms with Crippen molar-refractivity contribution in [2.45, 2.75) is 84.7 Å². The molecule has 4 fully saturated rings. The van der Waals surface area contributed by atoms with Crippen molar-refractivity contribution < 1.29 is 9.90 Å². The second-order valence-corrected chi connectivity index (χ2v) is 9.87. The molecule has 0 aromatic carbocycles. The van der Waals surface area contributed by atoms with Gasteiger partial charge >= 0.3 is 0 Å². The molecule has 0 aliphatic heterocycles. The van der Waals surface area contributed by atoms with Gasteiger partial charge in [-0.15, -0.1) is 0 Å². The summed E-state index contributed by atoms with van der Waals surface area (Å²) in [6.45, 7) is 6.80. The molecule has 4 aliphatic carbocycles. The van der Waals surface area contributed by atoms with E-state index in [9.17, 15) is 9.90 Å². The first-order valence-corrected chi connectivity index (χ1v) is 10.0. The number of ketones is 1. The topological polar surface area (TPSA) is 37.3 Å². The number of hydrogen-bond acceptors (Lipinski definition) is 2. The molecular weight excluding hydrogens is 284 g/mol. The number of carbonyl (C=O) groups is 1. The summed E-state index contributed by atoms with van der Waals surface area (Å²) < 4.78 is 0. The Kier molecular flexibility index (Phi) is 3.72. The minimum atomic E-state index is -0.0490. The van der Waals surface area contributed by atoms with Crippen LogP contribution >= 0.6 is 0 Å². The number of rotatable bonds is 1. The highest BCUT2D eigenvalue weighted by Crippen LogP contribution is 2.67. The normalized spacial score (nSPS) is 55.7. The van der Waals surface area contributed by atoms with Gasteiger partial charge in [-0.3, -0.25) is 4.79 Å². The lowest BCUT2D eigenvalue weighted by Gasteiger charge is -2.60. The zero-order valence-corrected chi connectivity index (χ0v) is 15.2. The number of hydrogen-bond donors (Lipinski definition) is 1. The van der Waals surface area contributed by atoms with Crippen molar-refractivity contribution in [1.82, 2.24) is 0 Å². The Bertz CT molecular complexity index is 500. The predicted molar refractivity (Wildman–Crippen MR) is 91.9 cm³/mol. The van der Waals surface area contributed by atoms with E-state index in [4.69, 9.17) is 0 Å². The van der Waals surface area contributed by atoms with Crippen molar-refractivity contribution in [1.29, 1.82) is 0 Å². The summed E-state index contributed by atoms with van der Waals surface area (Å²) in [6, 6.07) is 0. The van der Waals surface area contributed by atoms with E-state index in [1.54, 1.807) is 0 Å². The Balaban J connectivity index is 1.61. The van der Waals surface area contributed by atoms with Crippen LogP contribution in [0.3, 0.4) is 0 Å². The summed E-state index contributed by atoms with van der Waals surface area (Å²) in [4.78, 5) is 12.2. The Morgan fingerprint density at radius 3 is 2.35 bits per heavy atom. The van der Waals surface area contributed by atoms with E-state index in [1.807, 2.05) is 6.92 Å². The van der Waals surface area contributed by atoms with Gasteiger partial charge in [-0.1, -0.05) is 13.8 Å². The first kappa shape index (κ1) is 16.1. The van der Waals surface area contributed by atoms with Crippen molar-refractivity contribution in [3.63, 3.8) is 0 Å². The molecule has 4 rings (SSSR count). The van der Waals surface area contributed by atoms with Crippen molar-refractivity contribution >= 4 is 5.78 Å². The second-order valence-electron chi connectivity index (χ2n) is 9.87. The molecular formula is C21H34O2. The van der Waals surface area contributed by atoms with E-state index in [-0.39, 0.29) is 11.5 Å². The van der Waals surface area contributed by atoms with Crippen LogP contribution in [0.5, 0.6) is 0 Å². The second kappa shape index (κ2) is 5.31. The molecule has 4 saturated carbocycles. The molecule has 0 radical (unpaired) electrons. The number of aliphatic hydroxyl groups is 1.